The molecule has 0 aromatic heterocycles. The second-order valence-corrected chi connectivity index (χ2v) is 5.93. The fraction of sp³-hybridized carbons (Fsp3) is 1.00. The van der Waals surface area contributed by atoms with Gasteiger partial charge in [-0.05, 0) is 31.2 Å². The number of hydrogen-bond acceptors (Lipinski definition) is 2. The van der Waals surface area contributed by atoms with Gasteiger partial charge >= 0.3 is 0 Å². The molecule has 0 heterocycles. The monoisotopic (exact) mass is 241 g/mol. The quantitative estimate of drug-likeness (QED) is 0.767. The number of nitrogens with one attached hydrogen (secondary N) is 1. The van der Waals surface area contributed by atoms with Crippen LogP contribution in [0.3, 0.4) is 0 Å². The summed E-state index contributed by atoms with van der Waals surface area (Å²) >= 11 is 0. The first-order chi connectivity index (χ1) is 8.24. The van der Waals surface area contributed by atoms with Gasteiger partial charge in [-0.1, -0.05) is 46.0 Å². The van der Waals surface area contributed by atoms with Gasteiger partial charge in [-0.15, -0.1) is 0 Å². The Kier molecular flexibility index (Phi) is 7.87. The van der Waals surface area contributed by atoms with Crippen molar-refractivity contribution in [2.45, 2.75) is 64.8 Å². The molecule has 0 aliphatic heterocycles. The topological polar surface area (TPSA) is 21.3 Å². The third-order valence-electron chi connectivity index (χ3n) is 4.04. The van der Waals surface area contributed by atoms with Gasteiger partial charge in [-0.25, -0.2) is 0 Å². The second kappa shape index (κ2) is 8.93. The Morgan fingerprint density at radius 2 is 1.65 bits per heavy atom. The summed E-state index contributed by atoms with van der Waals surface area (Å²) in [4.78, 5) is 0. The molecular weight excluding hydrogens is 210 g/mol. The highest BCUT2D eigenvalue weighted by Crippen LogP contribution is 2.21. The highest BCUT2D eigenvalue weighted by molar-refractivity contribution is 4.73. The Labute approximate surface area is 108 Å². The first-order valence-corrected chi connectivity index (χ1v) is 7.46. The lowest BCUT2D eigenvalue weighted by Gasteiger charge is -2.26. The molecule has 102 valence electrons. The van der Waals surface area contributed by atoms with Crippen LogP contribution in [0.1, 0.15) is 58.8 Å². The van der Waals surface area contributed by atoms with Crippen molar-refractivity contribution in [3.8, 4) is 0 Å². The van der Waals surface area contributed by atoms with Crippen LogP contribution in [-0.4, -0.2) is 26.3 Å². The molecule has 0 radical (unpaired) electrons. The average molecular weight is 241 g/mol. The van der Waals surface area contributed by atoms with Gasteiger partial charge in [0.25, 0.3) is 0 Å². The third kappa shape index (κ3) is 6.42. The Balaban J connectivity index is 2.25. The molecule has 1 fully saturated rings. The Morgan fingerprint density at radius 3 is 2.18 bits per heavy atom. The van der Waals surface area contributed by atoms with Crippen LogP contribution in [-0.2, 0) is 4.74 Å². The molecule has 0 aromatic carbocycles. The van der Waals surface area contributed by atoms with Crippen molar-refractivity contribution in [2.75, 3.05) is 20.3 Å². The maximum absolute atomic E-state index is 5.29. The zero-order valence-corrected chi connectivity index (χ0v) is 12.0. The van der Waals surface area contributed by atoms with Crippen LogP contribution in [0.25, 0.3) is 0 Å². The number of rotatable bonds is 6. The minimum absolute atomic E-state index is 0.519. The summed E-state index contributed by atoms with van der Waals surface area (Å²) in [7, 11) is 1.80. The van der Waals surface area contributed by atoms with Crippen LogP contribution >= 0.6 is 0 Å². The predicted octanol–water partition coefficient (Wildman–Crippen LogP) is 3.61. The molecule has 0 aromatic rings. The highest BCUT2D eigenvalue weighted by atomic mass is 16.5. The third-order valence-corrected chi connectivity index (χ3v) is 4.04. The maximum Gasteiger partial charge on any atom is 0.0618 e. The van der Waals surface area contributed by atoms with Crippen LogP contribution in [0.4, 0.5) is 0 Å². The lowest BCUT2D eigenvalue weighted by Crippen LogP contribution is -2.40. The molecular formula is C15H31NO. The van der Waals surface area contributed by atoms with Crippen molar-refractivity contribution in [1.82, 2.24) is 5.32 Å². The van der Waals surface area contributed by atoms with Crippen molar-refractivity contribution in [2.24, 2.45) is 11.8 Å². The SMILES string of the molecule is COCC(NCC1CCCCCCC1)C(C)C. The van der Waals surface area contributed by atoms with Crippen LogP contribution in [0.15, 0.2) is 0 Å². The molecule has 1 saturated carbocycles. The Hall–Kier alpha value is -0.0800. The first kappa shape index (κ1) is 15.0. The van der Waals surface area contributed by atoms with Crippen molar-refractivity contribution in [3.05, 3.63) is 0 Å². The van der Waals surface area contributed by atoms with E-state index in [1.54, 1.807) is 7.11 Å². The Bertz CT molecular complexity index is 174. The van der Waals surface area contributed by atoms with E-state index in [1.807, 2.05) is 0 Å². The minimum atomic E-state index is 0.519. The molecule has 1 atom stereocenters. The largest absolute Gasteiger partial charge is 0.383 e. The van der Waals surface area contributed by atoms with Crippen LogP contribution < -0.4 is 5.32 Å². The molecule has 1 unspecified atom stereocenters. The van der Waals surface area contributed by atoms with E-state index in [1.165, 1.54) is 51.5 Å². The van der Waals surface area contributed by atoms with Crippen LogP contribution in [0.2, 0.25) is 0 Å². The van der Waals surface area contributed by atoms with E-state index >= 15 is 0 Å². The van der Waals surface area contributed by atoms with Gasteiger partial charge in [-0.3, -0.25) is 0 Å². The number of hydrogen-bond donors (Lipinski definition) is 1. The molecule has 0 saturated heterocycles. The normalized spacial score (nSPS) is 21.2. The van der Waals surface area contributed by atoms with E-state index in [4.69, 9.17) is 4.74 Å². The molecule has 17 heavy (non-hydrogen) atoms. The molecule has 0 bridgehead atoms. The van der Waals surface area contributed by atoms with E-state index in [9.17, 15) is 0 Å². The first-order valence-electron chi connectivity index (χ1n) is 7.46. The van der Waals surface area contributed by atoms with Crippen molar-refractivity contribution in [3.63, 3.8) is 0 Å². The molecule has 2 heteroatoms. The van der Waals surface area contributed by atoms with Crippen LogP contribution in [0, 0.1) is 11.8 Å². The Morgan fingerprint density at radius 1 is 1.06 bits per heavy atom. The fourth-order valence-electron chi connectivity index (χ4n) is 2.73. The highest BCUT2D eigenvalue weighted by Gasteiger charge is 2.16. The van der Waals surface area contributed by atoms with Crippen molar-refractivity contribution in [1.29, 1.82) is 0 Å². The summed E-state index contributed by atoms with van der Waals surface area (Å²) in [6, 6.07) is 0.519. The second-order valence-electron chi connectivity index (χ2n) is 5.93. The van der Waals surface area contributed by atoms with E-state index in [-0.39, 0.29) is 0 Å². The lowest BCUT2D eigenvalue weighted by atomic mass is 9.90. The average Bonchev–Trinajstić information content (AvgIpc) is 2.25. The van der Waals surface area contributed by atoms with Crippen LogP contribution in [0.5, 0.6) is 0 Å². The lowest BCUT2D eigenvalue weighted by molar-refractivity contribution is 0.143. The van der Waals surface area contributed by atoms with Crippen molar-refractivity contribution < 1.29 is 4.74 Å². The summed E-state index contributed by atoms with van der Waals surface area (Å²) in [5, 5.41) is 3.71. The fourth-order valence-corrected chi connectivity index (χ4v) is 2.73. The van der Waals surface area contributed by atoms with Gasteiger partial charge in [0.15, 0.2) is 0 Å². The van der Waals surface area contributed by atoms with Gasteiger partial charge < -0.3 is 10.1 Å². The minimum Gasteiger partial charge on any atom is -0.383 e. The molecule has 1 N–H and O–H groups in total. The van der Waals surface area contributed by atoms with E-state index in [0.29, 0.717) is 12.0 Å². The molecule has 0 amide bonds. The molecule has 0 spiro atoms. The summed E-state index contributed by atoms with van der Waals surface area (Å²) in [6.07, 6.45) is 10.1. The van der Waals surface area contributed by atoms with Crippen molar-refractivity contribution >= 4 is 0 Å². The molecule has 1 aliphatic carbocycles. The molecule has 1 aliphatic rings. The summed E-state index contributed by atoms with van der Waals surface area (Å²) in [5.74, 6) is 1.55. The van der Waals surface area contributed by atoms with Gasteiger partial charge in [0, 0.05) is 13.2 Å². The number of ether oxygens (including phenoxy) is 1. The smallest absolute Gasteiger partial charge is 0.0618 e. The van der Waals surface area contributed by atoms with Gasteiger partial charge in [0.05, 0.1) is 6.61 Å². The van der Waals surface area contributed by atoms with Gasteiger partial charge in [0.2, 0.25) is 0 Å². The standard InChI is InChI=1S/C15H31NO/c1-13(2)15(12-17-3)16-11-14-9-7-5-4-6-8-10-14/h13-16H,4-12H2,1-3H3. The molecule has 2 nitrogen and oxygen atoms in total. The maximum atomic E-state index is 5.29. The van der Waals surface area contributed by atoms with Gasteiger partial charge in [-0.2, -0.15) is 0 Å². The summed E-state index contributed by atoms with van der Waals surface area (Å²) in [6.45, 7) is 6.57. The molecule has 1 rings (SSSR count). The number of methoxy groups -OCH3 is 1. The predicted molar refractivity (Wildman–Crippen MR) is 74.3 cm³/mol. The van der Waals surface area contributed by atoms with Gasteiger partial charge in [0.1, 0.15) is 0 Å². The van der Waals surface area contributed by atoms with E-state index < -0.39 is 0 Å². The summed E-state index contributed by atoms with van der Waals surface area (Å²) in [5.41, 5.74) is 0. The van der Waals surface area contributed by atoms with E-state index in [0.717, 1.165) is 12.5 Å². The summed E-state index contributed by atoms with van der Waals surface area (Å²) < 4.78 is 5.29. The zero-order valence-electron chi connectivity index (χ0n) is 12.0. The van der Waals surface area contributed by atoms with E-state index in [2.05, 4.69) is 19.2 Å². The zero-order chi connectivity index (χ0) is 12.5.